The second-order valence-corrected chi connectivity index (χ2v) is 8.14. The molecule has 2 aliphatic heterocycles. The molecule has 0 unspecified atom stereocenters. The summed E-state index contributed by atoms with van der Waals surface area (Å²) in [4.78, 5) is 6.64. The normalized spacial score (nSPS) is 29.0. The van der Waals surface area contributed by atoms with Crippen LogP contribution in [0.3, 0.4) is 0 Å². The molecule has 3 heterocycles. The summed E-state index contributed by atoms with van der Waals surface area (Å²) in [5, 5.41) is 10.6. The first kappa shape index (κ1) is 17.8. The Morgan fingerprint density at radius 1 is 1.11 bits per heavy atom. The van der Waals surface area contributed by atoms with Crippen LogP contribution in [0.4, 0.5) is 0 Å². The predicted molar refractivity (Wildman–Crippen MR) is 102 cm³/mol. The molecule has 1 saturated carbocycles. The molecule has 5 rings (SSSR count). The maximum Gasteiger partial charge on any atom is 0.231 e. The number of aromatic nitrogens is 2. The lowest BCUT2D eigenvalue weighted by molar-refractivity contribution is -0.0232. The second-order valence-electron chi connectivity index (χ2n) is 8.14. The third kappa shape index (κ3) is 3.69. The fourth-order valence-corrected chi connectivity index (χ4v) is 4.82. The van der Waals surface area contributed by atoms with Crippen molar-refractivity contribution < 1.29 is 19.3 Å². The van der Waals surface area contributed by atoms with Gasteiger partial charge in [-0.1, -0.05) is 0 Å². The maximum atomic E-state index is 10.6. The van der Waals surface area contributed by atoms with Crippen LogP contribution < -0.4 is 14.2 Å². The zero-order valence-electron chi connectivity index (χ0n) is 15.9. The molecule has 7 nitrogen and oxygen atoms in total. The highest BCUT2D eigenvalue weighted by atomic mass is 16.7. The topological polar surface area (TPSA) is 69.0 Å². The minimum Gasteiger partial charge on any atom is -0.488 e. The third-order valence-corrected chi connectivity index (χ3v) is 6.24. The van der Waals surface area contributed by atoms with Crippen molar-refractivity contribution >= 4 is 0 Å². The quantitative estimate of drug-likeness (QED) is 0.822. The van der Waals surface area contributed by atoms with Gasteiger partial charge in [0.2, 0.25) is 6.79 Å². The van der Waals surface area contributed by atoms with E-state index < -0.39 is 6.10 Å². The van der Waals surface area contributed by atoms with Crippen molar-refractivity contribution in [1.82, 2.24) is 14.5 Å². The summed E-state index contributed by atoms with van der Waals surface area (Å²) in [5.41, 5.74) is 0. The number of imidazole rings is 1. The summed E-state index contributed by atoms with van der Waals surface area (Å²) < 4.78 is 19.1. The number of hydrogen-bond donors (Lipinski definition) is 1. The number of fused-ring (bicyclic) bond motifs is 2. The number of rotatable bonds is 6. The molecule has 0 spiro atoms. The number of aliphatic hydroxyl groups is 1. The second kappa shape index (κ2) is 7.64. The van der Waals surface area contributed by atoms with E-state index in [0.29, 0.717) is 17.6 Å². The van der Waals surface area contributed by atoms with Gasteiger partial charge in [0.1, 0.15) is 11.9 Å². The Kier molecular flexibility index (Phi) is 4.86. The van der Waals surface area contributed by atoms with Crippen LogP contribution in [0.25, 0.3) is 0 Å². The van der Waals surface area contributed by atoms with E-state index in [-0.39, 0.29) is 12.9 Å². The number of nitrogens with zero attached hydrogens (tertiary/aromatic N) is 3. The van der Waals surface area contributed by atoms with Crippen LogP contribution in [0.1, 0.15) is 19.3 Å². The van der Waals surface area contributed by atoms with E-state index in [1.165, 1.54) is 0 Å². The van der Waals surface area contributed by atoms with E-state index in [9.17, 15) is 5.11 Å². The van der Waals surface area contributed by atoms with Gasteiger partial charge in [-0.3, -0.25) is 0 Å². The summed E-state index contributed by atoms with van der Waals surface area (Å²) in [6.45, 7) is 4.54. The number of benzene rings is 1. The van der Waals surface area contributed by atoms with Crippen LogP contribution in [0, 0.1) is 11.8 Å². The molecule has 1 aromatic heterocycles. The number of ether oxygens (including phenoxy) is 3. The summed E-state index contributed by atoms with van der Waals surface area (Å²) in [7, 11) is 0. The van der Waals surface area contributed by atoms with Crippen molar-refractivity contribution in [2.75, 3.05) is 26.4 Å². The van der Waals surface area contributed by atoms with Gasteiger partial charge in [-0.2, -0.15) is 0 Å². The molecule has 2 aromatic rings. The number of aliphatic hydroxyl groups excluding tert-OH is 1. The molecule has 7 heteroatoms. The van der Waals surface area contributed by atoms with Gasteiger partial charge in [-0.25, -0.2) is 4.98 Å². The van der Waals surface area contributed by atoms with Gasteiger partial charge in [0.15, 0.2) is 11.5 Å². The molecule has 0 radical (unpaired) electrons. The van der Waals surface area contributed by atoms with E-state index >= 15 is 0 Å². The number of aryl methyl sites for hydroxylation is 1. The minimum absolute atomic E-state index is 0.160. The van der Waals surface area contributed by atoms with Crippen LogP contribution in [-0.4, -0.2) is 58.2 Å². The Morgan fingerprint density at radius 3 is 2.82 bits per heavy atom. The zero-order chi connectivity index (χ0) is 18.9. The smallest absolute Gasteiger partial charge is 0.231 e. The number of likely N-dealkylation sites (tertiary alicyclic amines) is 1. The van der Waals surface area contributed by atoms with Crippen molar-refractivity contribution in [3.05, 3.63) is 36.9 Å². The van der Waals surface area contributed by atoms with Crippen LogP contribution in [0.5, 0.6) is 17.2 Å². The lowest BCUT2D eigenvalue weighted by Crippen LogP contribution is -2.42. The molecule has 0 bridgehead atoms. The fraction of sp³-hybridized carbons (Fsp3) is 0.571. The lowest BCUT2D eigenvalue weighted by Gasteiger charge is -2.35. The van der Waals surface area contributed by atoms with Crippen molar-refractivity contribution in [2.45, 2.75) is 38.0 Å². The average Bonchev–Trinajstić information content (AvgIpc) is 3.42. The van der Waals surface area contributed by atoms with Gasteiger partial charge in [0, 0.05) is 38.1 Å². The van der Waals surface area contributed by atoms with Gasteiger partial charge < -0.3 is 28.8 Å². The largest absolute Gasteiger partial charge is 0.488 e. The lowest BCUT2D eigenvalue weighted by atomic mass is 9.78. The van der Waals surface area contributed by atoms with Gasteiger partial charge in [-0.05, 0) is 49.8 Å². The zero-order valence-corrected chi connectivity index (χ0v) is 15.9. The van der Waals surface area contributed by atoms with Crippen LogP contribution in [0.2, 0.25) is 0 Å². The van der Waals surface area contributed by atoms with E-state index in [0.717, 1.165) is 56.9 Å². The van der Waals surface area contributed by atoms with Gasteiger partial charge in [0.25, 0.3) is 0 Å². The molecule has 28 heavy (non-hydrogen) atoms. The summed E-state index contributed by atoms with van der Waals surface area (Å²) in [6.07, 6.45) is 7.97. The number of hydrogen-bond acceptors (Lipinski definition) is 6. The van der Waals surface area contributed by atoms with E-state index in [1.807, 2.05) is 36.9 Å². The van der Waals surface area contributed by atoms with Crippen molar-refractivity contribution in [2.24, 2.45) is 11.8 Å². The first-order valence-corrected chi connectivity index (χ1v) is 10.2. The van der Waals surface area contributed by atoms with Crippen LogP contribution in [-0.2, 0) is 6.54 Å². The Bertz CT molecular complexity index is 797. The van der Waals surface area contributed by atoms with E-state index in [2.05, 4.69) is 14.5 Å². The molecular weight excluding hydrogens is 358 g/mol. The van der Waals surface area contributed by atoms with Gasteiger partial charge in [-0.15, -0.1) is 0 Å². The summed E-state index contributed by atoms with van der Waals surface area (Å²) in [6, 6.07) is 5.62. The van der Waals surface area contributed by atoms with Gasteiger partial charge >= 0.3 is 0 Å². The molecular formula is C21H27N3O4. The van der Waals surface area contributed by atoms with Crippen molar-refractivity contribution in [3.63, 3.8) is 0 Å². The first-order valence-electron chi connectivity index (χ1n) is 10.2. The third-order valence-electron chi connectivity index (χ3n) is 6.24. The average molecular weight is 385 g/mol. The minimum atomic E-state index is -0.419. The van der Waals surface area contributed by atoms with Crippen LogP contribution >= 0.6 is 0 Å². The summed E-state index contributed by atoms with van der Waals surface area (Å²) in [5.74, 6) is 3.36. The van der Waals surface area contributed by atoms with Gasteiger partial charge in [0.05, 0.1) is 12.4 Å². The first-order chi connectivity index (χ1) is 13.7. The highest BCUT2D eigenvalue weighted by molar-refractivity contribution is 5.46. The Morgan fingerprint density at radius 2 is 1.96 bits per heavy atom. The summed E-state index contributed by atoms with van der Waals surface area (Å²) >= 11 is 0. The Balaban J connectivity index is 1.15. The van der Waals surface area contributed by atoms with Crippen molar-refractivity contribution in [1.29, 1.82) is 0 Å². The molecule has 4 atom stereocenters. The molecule has 0 amide bonds. The SMILES string of the molecule is O[C@@H]1C[C@H]2CN(CCCn3ccnc3)C[C@H]2C[C@H]1Oc1ccc2c(c1)OCO2. The molecule has 1 saturated heterocycles. The standard InChI is InChI=1S/C21H27N3O4/c25-18-8-15-11-24(6-1-5-23-7-4-22-13-23)12-16(15)9-20(18)28-17-2-3-19-21(10-17)27-14-26-19/h2-4,7,10,13,15-16,18,20,25H,1,5-6,8-9,11-12,14H2/t15-,16+,18+,20+/m0/s1. The van der Waals surface area contributed by atoms with E-state index in [1.54, 1.807) is 0 Å². The molecule has 1 N–H and O–H groups in total. The van der Waals surface area contributed by atoms with Crippen molar-refractivity contribution in [3.8, 4) is 17.2 Å². The Hall–Kier alpha value is -2.25. The highest BCUT2D eigenvalue weighted by Crippen LogP contribution is 2.40. The molecule has 1 aromatic carbocycles. The highest BCUT2D eigenvalue weighted by Gasteiger charge is 2.42. The Labute approximate surface area is 164 Å². The monoisotopic (exact) mass is 385 g/mol. The molecule has 1 aliphatic carbocycles. The van der Waals surface area contributed by atoms with E-state index in [4.69, 9.17) is 14.2 Å². The predicted octanol–water partition coefficient (Wildman–Crippen LogP) is 2.15. The molecule has 150 valence electrons. The fourth-order valence-electron chi connectivity index (χ4n) is 4.82. The maximum absolute atomic E-state index is 10.6. The molecule has 2 fully saturated rings. The molecule has 3 aliphatic rings. The van der Waals surface area contributed by atoms with Crippen LogP contribution in [0.15, 0.2) is 36.9 Å².